The van der Waals surface area contributed by atoms with Crippen molar-refractivity contribution in [1.29, 1.82) is 0 Å². The minimum Gasteiger partial charge on any atom is -0.449 e. The molecule has 0 aliphatic rings. The molecule has 0 rings (SSSR count). The van der Waals surface area contributed by atoms with Gasteiger partial charge in [0.15, 0.2) is 5.60 Å². The summed E-state index contributed by atoms with van der Waals surface area (Å²) in [5, 5.41) is 0. The molecule has 0 bridgehead atoms. The molecule has 2 nitrogen and oxygen atoms in total. The van der Waals surface area contributed by atoms with Crippen LogP contribution in [-0.2, 0) is 9.53 Å². The van der Waals surface area contributed by atoms with Crippen molar-refractivity contribution in [3.8, 4) is 0 Å². The molecule has 0 aliphatic heterocycles. The quantitative estimate of drug-likeness (QED) is 0.239. The molecule has 0 radical (unpaired) electrons. The van der Waals surface area contributed by atoms with Gasteiger partial charge in [0.2, 0.25) is 0 Å². The topological polar surface area (TPSA) is 26.3 Å². The van der Waals surface area contributed by atoms with Crippen LogP contribution >= 0.6 is 0 Å². The van der Waals surface area contributed by atoms with E-state index in [-0.39, 0.29) is 13.8 Å². The van der Waals surface area contributed by atoms with Crippen LogP contribution in [-0.4, -0.2) is 47.9 Å². The van der Waals surface area contributed by atoms with Crippen molar-refractivity contribution in [3.63, 3.8) is 0 Å². The molecule has 0 amide bonds. The number of hydrogen-bond acceptors (Lipinski definition) is 2. The molecule has 0 atom stereocenters. The second-order valence-electron chi connectivity index (χ2n) is 6.27. The Labute approximate surface area is 154 Å². The van der Waals surface area contributed by atoms with E-state index in [1.165, 1.54) is 0 Å². The third-order valence-corrected chi connectivity index (χ3v) is 3.63. The Balaban J connectivity index is 5.72. The Morgan fingerprint density at radius 3 is 1.62 bits per heavy atom. The predicted molar refractivity (Wildman–Crippen MR) is 70.4 cm³/mol. The molecule has 15 heteroatoms. The number of carbonyl (C=O) groups excluding carboxylic acids is 1. The average Bonchev–Trinajstić information content (AvgIpc) is 2.50. The molecule has 172 valence electrons. The van der Waals surface area contributed by atoms with Gasteiger partial charge in [-0.3, -0.25) is 0 Å². The Morgan fingerprint density at radius 1 is 0.862 bits per heavy atom. The van der Waals surface area contributed by atoms with Crippen molar-refractivity contribution in [3.05, 3.63) is 12.2 Å². The van der Waals surface area contributed by atoms with E-state index in [0.717, 1.165) is 0 Å². The number of alkyl halides is 13. The highest BCUT2D eigenvalue weighted by molar-refractivity contribution is 5.90. The molecule has 0 aromatic rings. The van der Waals surface area contributed by atoms with E-state index in [4.69, 9.17) is 0 Å². The lowest BCUT2D eigenvalue weighted by atomic mass is 9.94. The summed E-state index contributed by atoms with van der Waals surface area (Å²) in [5.74, 6) is -27.0. The first-order valence-electron chi connectivity index (χ1n) is 7.23. The van der Waals surface area contributed by atoms with E-state index in [9.17, 15) is 61.9 Å². The highest BCUT2D eigenvalue weighted by Crippen LogP contribution is 2.52. The minimum absolute atomic E-state index is 0.0819. The van der Waals surface area contributed by atoms with Crippen LogP contribution in [0.2, 0.25) is 0 Å². The molecular formula is C14H13F13O2. The van der Waals surface area contributed by atoms with E-state index < -0.39 is 66.3 Å². The van der Waals surface area contributed by atoms with Crippen LogP contribution in [0.25, 0.3) is 0 Å². The smallest absolute Gasteiger partial charge is 0.389 e. The summed E-state index contributed by atoms with van der Waals surface area (Å²) in [7, 11) is 0. The largest absolute Gasteiger partial charge is 0.449 e. The zero-order valence-corrected chi connectivity index (χ0v) is 14.4. The van der Waals surface area contributed by atoms with Crippen LogP contribution in [0.1, 0.15) is 26.7 Å². The molecular weight excluding hydrogens is 447 g/mol. The van der Waals surface area contributed by atoms with Gasteiger partial charge in [-0.25, -0.2) is 13.6 Å². The van der Waals surface area contributed by atoms with Crippen LogP contribution in [0.4, 0.5) is 57.1 Å². The second-order valence-corrected chi connectivity index (χ2v) is 6.27. The van der Waals surface area contributed by atoms with Crippen LogP contribution < -0.4 is 0 Å². The fourth-order valence-corrected chi connectivity index (χ4v) is 1.63. The summed E-state index contributed by atoms with van der Waals surface area (Å²) >= 11 is 0. The standard InChI is InChI=1S/C14H13F13O2/c1-6(7(28)29-9(2,3)13(24,25)8(15)16)12(22,23)14(26,27)10(17,18)4-5-11(19,20)21/h8H,1,4-5H2,2-3H3. The Morgan fingerprint density at radius 2 is 1.28 bits per heavy atom. The first-order valence-corrected chi connectivity index (χ1v) is 7.23. The monoisotopic (exact) mass is 460 g/mol. The fraction of sp³-hybridized carbons (Fsp3) is 0.786. The summed E-state index contributed by atoms with van der Waals surface area (Å²) < 4.78 is 172. The highest BCUT2D eigenvalue weighted by atomic mass is 19.4. The first-order chi connectivity index (χ1) is 12.4. The van der Waals surface area contributed by atoms with E-state index in [2.05, 4.69) is 4.74 Å². The van der Waals surface area contributed by atoms with Gasteiger partial charge in [-0.15, -0.1) is 0 Å². The molecule has 0 unspecified atom stereocenters. The summed E-state index contributed by atoms with van der Waals surface area (Å²) in [6.45, 7) is 2.20. The normalized spacial score (nSPS) is 14.9. The molecule has 0 spiro atoms. The number of halogens is 13. The van der Waals surface area contributed by atoms with Gasteiger partial charge >= 0.3 is 42.3 Å². The van der Waals surface area contributed by atoms with Crippen molar-refractivity contribution >= 4 is 5.97 Å². The van der Waals surface area contributed by atoms with Crippen molar-refractivity contribution in [2.24, 2.45) is 0 Å². The first kappa shape index (κ1) is 27.3. The number of esters is 1. The minimum atomic E-state index is -6.64. The van der Waals surface area contributed by atoms with Gasteiger partial charge in [0.1, 0.15) is 5.57 Å². The van der Waals surface area contributed by atoms with Crippen molar-refractivity contribution < 1.29 is 66.6 Å². The van der Waals surface area contributed by atoms with Gasteiger partial charge < -0.3 is 4.74 Å². The Hall–Kier alpha value is -1.70. The van der Waals surface area contributed by atoms with Gasteiger partial charge in [0.25, 0.3) is 0 Å². The maximum atomic E-state index is 13.7. The zero-order valence-electron chi connectivity index (χ0n) is 14.4. The van der Waals surface area contributed by atoms with Crippen LogP contribution in [0.3, 0.4) is 0 Å². The number of hydrogen-bond donors (Lipinski definition) is 0. The molecule has 0 fully saturated rings. The SMILES string of the molecule is C=C(C(=O)OC(C)(C)C(F)(F)C(F)F)C(F)(F)C(F)(F)C(F)(F)CCC(F)(F)F. The van der Waals surface area contributed by atoms with Crippen molar-refractivity contribution in [1.82, 2.24) is 0 Å². The summed E-state index contributed by atoms with van der Waals surface area (Å²) in [6, 6.07) is 0. The predicted octanol–water partition coefficient (Wildman–Crippen LogP) is 6.01. The van der Waals surface area contributed by atoms with E-state index in [1.54, 1.807) is 0 Å². The third kappa shape index (κ3) is 5.47. The number of ether oxygens (including phenoxy) is 1. The maximum absolute atomic E-state index is 13.7. The molecule has 0 saturated heterocycles. The van der Waals surface area contributed by atoms with Crippen molar-refractivity contribution in [2.75, 3.05) is 0 Å². The molecule has 0 N–H and O–H groups in total. The molecule has 0 aliphatic carbocycles. The molecule has 29 heavy (non-hydrogen) atoms. The lowest BCUT2D eigenvalue weighted by Crippen LogP contribution is -2.57. The maximum Gasteiger partial charge on any atom is 0.389 e. The summed E-state index contributed by atoms with van der Waals surface area (Å²) in [5.41, 5.74) is -6.43. The van der Waals surface area contributed by atoms with Gasteiger partial charge in [-0.05, 0) is 13.8 Å². The van der Waals surface area contributed by atoms with Crippen LogP contribution in [0, 0.1) is 0 Å². The van der Waals surface area contributed by atoms with E-state index >= 15 is 0 Å². The molecule has 0 saturated carbocycles. The average molecular weight is 460 g/mol. The lowest BCUT2D eigenvalue weighted by molar-refractivity contribution is -0.303. The lowest BCUT2D eigenvalue weighted by Gasteiger charge is -2.36. The highest BCUT2D eigenvalue weighted by Gasteiger charge is 2.73. The van der Waals surface area contributed by atoms with E-state index in [1.807, 2.05) is 6.58 Å². The number of rotatable bonds is 9. The zero-order chi connectivity index (χ0) is 23.9. The van der Waals surface area contributed by atoms with E-state index in [0.29, 0.717) is 0 Å². The third-order valence-electron chi connectivity index (χ3n) is 3.63. The van der Waals surface area contributed by atoms with Crippen LogP contribution in [0.15, 0.2) is 12.2 Å². The Bertz CT molecular complexity index is 619. The Kier molecular flexibility index (Phi) is 7.39. The van der Waals surface area contributed by atoms with Gasteiger partial charge in [-0.1, -0.05) is 6.58 Å². The van der Waals surface area contributed by atoms with Gasteiger partial charge in [0, 0.05) is 12.8 Å². The fourth-order valence-electron chi connectivity index (χ4n) is 1.63. The van der Waals surface area contributed by atoms with Crippen LogP contribution in [0.5, 0.6) is 0 Å². The molecule has 0 aromatic carbocycles. The number of carbonyl (C=O) groups is 1. The second kappa shape index (κ2) is 7.85. The summed E-state index contributed by atoms with van der Waals surface area (Å²) in [4.78, 5) is 11.4. The van der Waals surface area contributed by atoms with Crippen molar-refractivity contribution in [2.45, 2.75) is 68.6 Å². The molecule has 0 aromatic heterocycles. The molecule has 0 heterocycles. The van der Waals surface area contributed by atoms with Gasteiger partial charge in [0.05, 0.1) is 0 Å². The summed E-state index contributed by atoms with van der Waals surface area (Å²) in [6.07, 6.45) is -15.3. The van der Waals surface area contributed by atoms with Gasteiger partial charge in [-0.2, -0.15) is 48.3 Å².